The Hall–Kier alpha value is -2.51. The van der Waals surface area contributed by atoms with Crippen molar-refractivity contribution in [3.8, 4) is 0 Å². The molecule has 1 fully saturated rings. The Morgan fingerprint density at radius 1 is 1.07 bits per heavy atom. The molecule has 6 nitrogen and oxygen atoms in total. The largest absolute Gasteiger partial charge is 0.355 e. The molecule has 1 amide bonds. The summed E-state index contributed by atoms with van der Waals surface area (Å²) in [7, 11) is 0. The lowest BCUT2D eigenvalue weighted by molar-refractivity contribution is -0.122. The molecule has 28 heavy (non-hydrogen) atoms. The summed E-state index contributed by atoms with van der Waals surface area (Å²) in [5, 5.41) is 6.97. The highest BCUT2D eigenvalue weighted by Gasteiger charge is 2.18. The second-order valence-corrected chi connectivity index (χ2v) is 7.26. The number of thiocarbonyl (C=S) groups is 1. The van der Waals surface area contributed by atoms with Gasteiger partial charge in [-0.15, -0.1) is 0 Å². The molecular formula is C21H27N5OS. The number of pyridine rings is 1. The van der Waals surface area contributed by atoms with E-state index in [4.69, 9.17) is 12.2 Å². The van der Waals surface area contributed by atoms with Crippen LogP contribution in [0.2, 0.25) is 0 Å². The first kappa shape index (κ1) is 20.2. The molecule has 1 aliphatic rings. The quantitative estimate of drug-likeness (QED) is 0.729. The van der Waals surface area contributed by atoms with Crippen LogP contribution in [0.25, 0.3) is 0 Å². The summed E-state index contributed by atoms with van der Waals surface area (Å²) in [6.07, 6.45) is 5.33. The van der Waals surface area contributed by atoms with E-state index in [1.807, 2.05) is 30.3 Å². The molecule has 7 heteroatoms. The van der Waals surface area contributed by atoms with Crippen LogP contribution in [0, 0.1) is 0 Å². The molecule has 148 valence electrons. The molecule has 0 bridgehead atoms. The standard InChI is InChI=1S/C21H27N5OS/c27-20(23-11-9-18-6-2-1-3-7-18)17-25-12-5-13-26(15-14-25)21(28)24-19-8-4-10-22-16-19/h1-4,6-8,10,16H,5,9,11-15,17H2,(H,23,27)(H,24,28). The van der Waals surface area contributed by atoms with E-state index in [2.05, 4.69) is 37.6 Å². The molecule has 0 radical (unpaired) electrons. The van der Waals surface area contributed by atoms with E-state index in [0.29, 0.717) is 18.2 Å². The van der Waals surface area contributed by atoms with Crippen molar-refractivity contribution < 1.29 is 4.79 Å². The molecule has 1 aromatic carbocycles. The fourth-order valence-corrected chi connectivity index (χ4v) is 3.52. The Morgan fingerprint density at radius 2 is 1.93 bits per heavy atom. The van der Waals surface area contributed by atoms with Gasteiger partial charge in [-0.05, 0) is 42.8 Å². The monoisotopic (exact) mass is 397 g/mol. The summed E-state index contributed by atoms with van der Waals surface area (Å²) in [6, 6.07) is 14.0. The maximum atomic E-state index is 12.3. The van der Waals surface area contributed by atoms with Gasteiger partial charge in [-0.2, -0.15) is 0 Å². The topological polar surface area (TPSA) is 60.5 Å². The Morgan fingerprint density at radius 3 is 2.71 bits per heavy atom. The predicted molar refractivity (Wildman–Crippen MR) is 116 cm³/mol. The molecule has 3 rings (SSSR count). The first-order valence-corrected chi connectivity index (χ1v) is 10.1. The van der Waals surface area contributed by atoms with Crippen LogP contribution in [0.15, 0.2) is 54.9 Å². The molecular weight excluding hydrogens is 370 g/mol. The normalized spacial score (nSPS) is 14.9. The molecule has 1 aromatic heterocycles. The summed E-state index contributed by atoms with van der Waals surface area (Å²) in [4.78, 5) is 20.7. The zero-order valence-electron chi connectivity index (χ0n) is 16.0. The molecule has 0 spiro atoms. The third kappa shape index (κ3) is 6.58. The van der Waals surface area contributed by atoms with Crippen LogP contribution in [0.5, 0.6) is 0 Å². The summed E-state index contributed by atoms with van der Waals surface area (Å²) in [5.74, 6) is 0.0837. The van der Waals surface area contributed by atoms with Crippen LogP contribution >= 0.6 is 12.2 Å². The van der Waals surface area contributed by atoms with Gasteiger partial charge in [-0.25, -0.2) is 0 Å². The molecule has 0 aliphatic carbocycles. The molecule has 2 N–H and O–H groups in total. The van der Waals surface area contributed by atoms with Crippen LogP contribution in [0.1, 0.15) is 12.0 Å². The van der Waals surface area contributed by atoms with Gasteiger partial charge in [-0.1, -0.05) is 30.3 Å². The van der Waals surface area contributed by atoms with Crippen molar-refractivity contribution in [2.75, 3.05) is 44.6 Å². The number of anilines is 1. The number of hydrogen-bond donors (Lipinski definition) is 2. The van der Waals surface area contributed by atoms with Crippen molar-refractivity contribution in [2.45, 2.75) is 12.8 Å². The third-order valence-electron chi connectivity index (χ3n) is 4.73. The van der Waals surface area contributed by atoms with E-state index in [0.717, 1.165) is 44.7 Å². The number of aromatic nitrogens is 1. The van der Waals surface area contributed by atoms with Gasteiger partial charge in [0.1, 0.15) is 0 Å². The number of nitrogens with one attached hydrogen (secondary N) is 2. The first-order chi connectivity index (χ1) is 13.7. The van der Waals surface area contributed by atoms with Crippen molar-refractivity contribution in [1.82, 2.24) is 20.1 Å². The van der Waals surface area contributed by atoms with Crippen molar-refractivity contribution in [3.63, 3.8) is 0 Å². The Kier molecular flexibility index (Phi) is 7.75. The molecule has 0 unspecified atom stereocenters. The number of benzene rings is 1. The van der Waals surface area contributed by atoms with E-state index in [1.54, 1.807) is 12.4 Å². The fraction of sp³-hybridized carbons (Fsp3) is 0.381. The second-order valence-electron chi connectivity index (χ2n) is 6.87. The first-order valence-electron chi connectivity index (χ1n) is 9.69. The van der Waals surface area contributed by atoms with Crippen LogP contribution in [-0.4, -0.2) is 65.1 Å². The van der Waals surface area contributed by atoms with Gasteiger partial charge < -0.3 is 15.5 Å². The zero-order valence-corrected chi connectivity index (χ0v) is 16.8. The van der Waals surface area contributed by atoms with Crippen molar-refractivity contribution >= 4 is 28.9 Å². The van der Waals surface area contributed by atoms with Crippen LogP contribution in [0.4, 0.5) is 5.69 Å². The molecule has 1 saturated heterocycles. The maximum Gasteiger partial charge on any atom is 0.234 e. The highest BCUT2D eigenvalue weighted by molar-refractivity contribution is 7.80. The minimum absolute atomic E-state index is 0.0837. The lowest BCUT2D eigenvalue weighted by atomic mass is 10.1. The number of hydrogen-bond acceptors (Lipinski definition) is 4. The van der Waals surface area contributed by atoms with E-state index < -0.39 is 0 Å². The Bertz CT molecular complexity index is 756. The maximum absolute atomic E-state index is 12.3. The summed E-state index contributed by atoms with van der Waals surface area (Å²) >= 11 is 5.54. The average molecular weight is 398 g/mol. The van der Waals surface area contributed by atoms with Gasteiger partial charge in [0.15, 0.2) is 5.11 Å². The average Bonchev–Trinajstić information content (AvgIpc) is 2.95. The lowest BCUT2D eigenvalue weighted by Crippen LogP contribution is -2.41. The number of nitrogens with zero attached hydrogens (tertiary/aromatic N) is 3. The van der Waals surface area contributed by atoms with Gasteiger partial charge >= 0.3 is 0 Å². The van der Waals surface area contributed by atoms with Crippen molar-refractivity contribution in [3.05, 3.63) is 60.4 Å². The van der Waals surface area contributed by atoms with E-state index in [-0.39, 0.29) is 5.91 Å². The van der Waals surface area contributed by atoms with Gasteiger partial charge in [0.25, 0.3) is 0 Å². The Labute approximate surface area is 171 Å². The van der Waals surface area contributed by atoms with Crippen molar-refractivity contribution in [2.24, 2.45) is 0 Å². The molecule has 0 saturated carbocycles. The van der Waals surface area contributed by atoms with Gasteiger partial charge in [-0.3, -0.25) is 14.7 Å². The van der Waals surface area contributed by atoms with Crippen molar-refractivity contribution in [1.29, 1.82) is 0 Å². The minimum Gasteiger partial charge on any atom is -0.355 e. The highest BCUT2D eigenvalue weighted by atomic mass is 32.1. The fourth-order valence-electron chi connectivity index (χ4n) is 3.22. The second kappa shape index (κ2) is 10.7. The molecule has 0 atom stereocenters. The summed E-state index contributed by atoms with van der Waals surface area (Å²) in [5.41, 5.74) is 2.13. The molecule has 2 heterocycles. The van der Waals surface area contributed by atoms with Gasteiger partial charge in [0, 0.05) is 38.9 Å². The predicted octanol–water partition coefficient (Wildman–Crippen LogP) is 2.14. The number of carbonyl (C=O) groups is 1. The number of amides is 1. The molecule has 1 aliphatic heterocycles. The number of rotatable bonds is 6. The van der Waals surface area contributed by atoms with Crippen LogP contribution < -0.4 is 10.6 Å². The lowest BCUT2D eigenvalue weighted by Gasteiger charge is -2.24. The number of carbonyl (C=O) groups excluding carboxylic acids is 1. The SMILES string of the molecule is O=C(CN1CCCN(C(=S)Nc2cccnc2)CC1)NCCc1ccccc1. The van der Waals surface area contributed by atoms with Crippen LogP contribution in [0.3, 0.4) is 0 Å². The zero-order chi connectivity index (χ0) is 19.6. The van der Waals surface area contributed by atoms with Gasteiger partial charge in [0.05, 0.1) is 18.4 Å². The van der Waals surface area contributed by atoms with E-state index in [9.17, 15) is 4.79 Å². The summed E-state index contributed by atoms with van der Waals surface area (Å²) in [6.45, 7) is 4.52. The highest BCUT2D eigenvalue weighted by Crippen LogP contribution is 2.08. The third-order valence-corrected chi connectivity index (χ3v) is 5.09. The van der Waals surface area contributed by atoms with Crippen LogP contribution in [-0.2, 0) is 11.2 Å². The molecule has 2 aromatic rings. The van der Waals surface area contributed by atoms with E-state index >= 15 is 0 Å². The minimum atomic E-state index is 0.0837. The van der Waals surface area contributed by atoms with E-state index in [1.165, 1.54) is 5.56 Å². The summed E-state index contributed by atoms with van der Waals surface area (Å²) < 4.78 is 0. The smallest absolute Gasteiger partial charge is 0.234 e. The Balaban J connectivity index is 1.38. The van der Waals surface area contributed by atoms with Gasteiger partial charge in [0.2, 0.25) is 5.91 Å².